The third-order valence-corrected chi connectivity index (χ3v) is 3.16. The SMILES string of the molecule is COCCC(N)C(=O)N1CCCC(C)(C)C1. The molecule has 1 rings (SSSR count). The molecule has 0 radical (unpaired) electrons. The Labute approximate surface area is 98.1 Å². The average Bonchev–Trinajstić information content (AvgIpc) is 2.23. The molecule has 1 aliphatic heterocycles. The molecular weight excluding hydrogens is 204 g/mol. The van der Waals surface area contributed by atoms with Gasteiger partial charge in [-0.1, -0.05) is 13.8 Å². The Balaban J connectivity index is 2.46. The summed E-state index contributed by atoms with van der Waals surface area (Å²) in [6, 6.07) is -0.408. The summed E-state index contributed by atoms with van der Waals surface area (Å²) in [6.07, 6.45) is 2.87. The van der Waals surface area contributed by atoms with Gasteiger partial charge in [-0.15, -0.1) is 0 Å². The number of likely N-dealkylation sites (tertiary alicyclic amines) is 1. The zero-order valence-corrected chi connectivity index (χ0v) is 10.7. The summed E-state index contributed by atoms with van der Waals surface area (Å²) in [5, 5.41) is 0. The van der Waals surface area contributed by atoms with Gasteiger partial charge < -0.3 is 15.4 Å². The summed E-state index contributed by atoms with van der Waals surface area (Å²) in [4.78, 5) is 13.9. The first-order valence-electron chi connectivity index (χ1n) is 5.99. The van der Waals surface area contributed by atoms with Crippen LogP contribution in [-0.4, -0.2) is 43.7 Å². The second-order valence-corrected chi connectivity index (χ2v) is 5.42. The maximum Gasteiger partial charge on any atom is 0.239 e. The molecule has 4 nitrogen and oxygen atoms in total. The summed E-state index contributed by atoms with van der Waals surface area (Å²) in [5.41, 5.74) is 6.08. The quantitative estimate of drug-likeness (QED) is 0.781. The highest BCUT2D eigenvalue weighted by Crippen LogP contribution is 2.28. The smallest absolute Gasteiger partial charge is 0.239 e. The number of hydrogen-bond acceptors (Lipinski definition) is 3. The van der Waals surface area contributed by atoms with Crippen LogP contribution in [0.25, 0.3) is 0 Å². The van der Waals surface area contributed by atoms with Gasteiger partial charge in [-0.25, -0.2) is 0 Å². The lowest BCUT2D eigenvalue weighted by molar-refractivity contribution is -0.136. The molecule has 1 amide bonds. The highest BCUT2D eigenvalue weighted by Gasteiger charge is 2.30. The van der Waals surface area contributed by atoms with Crippen LogP contribution >= 0.6 is 0 Å². The molecule has 1 fully saturated rings. The van der Waals surface area contributed by atoms with Gasteiger partial charge in [0.05, 0.1) is 6.04 Å². The predicted molar refractivity (Wildman–Crippen MR) is 64.1 cm³/mol. The van der Waals surface area contributed by atoms with E-state index in [1.807, 2.05) is 4.90 Å². The Hall–Kier alpha value is -0.610. The molecule has 1 heterocycles. The van der Waals surface area contributed by atoms with Crippen molar-refractivity contribution >= 4 is 5.91 Å². The van der Waals surface area contributed by atoms with Crippen LogP contribution in [0.1, 0.15) is 33.1 Å². The number of carbonyl (C=O) groups is 1. The second kappa shape index (κ2) is 5.64. The van der Waals surface area contributed by atoms with Crippen LogP contribution in [-0.2, 0) is 9.53 Å². The van der Waals surface area contributed by atoms with Crippen LogP contribution in [0.4, 0.5) is 0 Å². The minimum atomic E-state index is -0.408. The van der Waals surface area contributed by atoms with Crippen molar-refractivity contribution < 1.29 is 9.53 Å². The van der Waals surface area contributed by atoms with Crippen molar-refractivity contribution in [3.8, 4) is 0 Å². The molecule has 1 aliphatic rings. The van der Waals surface area contributed by atoms with Gasteiger partial charge in [0.15, 0.2) is 0 Å². The molecule has 0 aliphatic carbocycles. The topological polar surface area (TPSA) is 55.6 Å². The van der Waals surface area contributed by atoms with Crippen molar-refractivity contribution in [3.05, 3.63) is 0 Å². The standard InChI is InChI=1S/C12H24N2O2/c1-12(2)6-4-7-14(9-12)11(15)10(13)5-8-16-3/h10H,4-9,13H2,1-3H3. The van der Waals surface area contributed by atoms with E-state index in [2.05, 4.69) is 13.8 Å². The van der Waals surface area contributed by atoms with E-state index in [0.717, 1.165) is 19.5 Å². The molecule has 0 bridgehead atoms. The van der Waals surface area contributed by atoms with Crippen LogP contribution in [0, 0.1) is 5.41 Å². The normalized spacial score (nSPS) is 21.9. The molecule has 4 heteroatoms. The first kappa shape index (κ1) is 13.5. The van der Waals surface area contributed by atoms with E-state index in [9.17, 15) is 4.79 Å². The molecule has 94 valence electrons. The van der Waals surface area contributed by atoms with Crippen molar-refractivity contribution in [1.82, 2.24) is 4.90 Å². The molecule has 0 saturated carbocycles. The number of amides is 1. The van der Waals surface area contributed by atoms with Crippen molar-refractivity contribution in [2.45, 2.75) is 39.2 Å². The molecule has 16 heavy (non-hydrogen) atoms. The highest BCUT2D eigenvalue weighted by molar-refractivity contribution is 5.81. The fourth-order valence-corrected chi connectivity index (χ4v) is 2.21. The second-order valence-electron chi connectivity index (χ2n) is 5.42. The van der Waals surface area contributed by atoms with Gasteiger partial charge in [-0.05, 0) is 24.7 Å². The number of methoxy groups -OCH3 is 1. The zero-order valence-electron chi connectivity index (χ0n) is 10.7. The fourth-order valence-electron chi connectivity index (χ4n) is 2.21. The lowest BCUT2D eigenvalue weighted by Crippen LogP contribution is -2.50. The van der Waals surface area contributed by atoms with Gasteiger partial charge in [-0.2, -0.15) is 0 Å². The van der Waals surface area contributed by atoms with Crippen LogP contribution in [0.3, 0.4) is 0 Å². The minimum Gasteiger partial charge on any atom is -0.385 e. The molecule has 0 aromatic heterocycles. The Bertz CT molecular complexity index is 241. The molecular formula is C12H24N2O2. The molecule has 2 N–H and O–H groups in total. The average molecular weight is 228 g/mol. The van der Waals surface area contributed by atoms with Gasteiger partial charge in [-0.3, -0.25) is 4.79 Å². The lowest BCUT2D eigenvalue weighted by atomic mass is 9.84. The largest absolute Gasteiger partial charge is 0.385 e. The number of nitrogens with two attached hydrogens (primary N) is 1. The molecule has 0 spiro atoms. The number of hydrogen-bond donors (Lipinski definition) is 1. The van der Waals surface area contributed by atoms with Crippen LogP contribution in [0.5, 0.6) is 0 Å². The van der Waals surface area contributed by atoms with Crippen molar-refractivity contribution in [3.63, 3.8) is 0 Å². The Kier molecular flexibility index (Phi) is 4.74. The number of rotatable bonds is 4. The van der Waals surface area contributed by atoms with E-state index < -0.39 is 6.04 Å². The zero-order chi connectivity index (χ0) is 12.2. The van der Waals surface area contributed by atoms with Crippen molar-refractivity contribution in [2.75, 3.05) is 26.8 Å². The van der Waals surface area contributed by atoms with Gasteiger partial charge in [0.1, 0.15) is 0 Å². The van der Waals surface area contributed by atoms with Gasteiger partial charge in [0, 0.05) is 26.8 Å². The fraction of sp³-hybridized carbons (Fsp3) is 0.917. The third kappa shape index (κ3) is 3.76. The van der Waals surface area contributed by atoms with E-state index in [0.29, 0.717) is 13.0 Å². The molecule has 1 unspecified atom stereocenters. The van der Waals surface area contributed by atoms with E-state index >= 15 is 0 Å². The van der Waals surface area contributed by atoms with Gasteiger partial charge in [0.25, 0.3) is 0 Å². The first-order valence-corrected chi connectivity index (χ1v) is 5.99. The van der Waals surface area contributed by atoms with Crippen molar-refractivity contribution in [2.24, 2.45) is 11.1 Å². The Morgan fingerprint density at radius 2 is 2.25 bits per heavy atom. The summed E-state index contributed by atoms with van der Waals surface area (Å²) < 4.78 is 4.94. The van der Waals surface area contributed by atoms with Crippen molar-refractivity contribution in [1.29, 1.82) is 0 Å². The third-order valence-electron chi connectivity index (χ3n) is 3.16. The molecule has 0 aromatic rings. The van der Waals surface area contributed by atoms with Crippen LogP contribution in [0.2, 0.25) is 0 Å². The highest BCUT2D eigenvalue weighted by atomic mass is 16.5. The predicted octanol–water partition coefficient (Wildman–Crippen LogP) is 0.999. The monoisotopic (exact) mass is 228 g/mol. The minimum absolute atomic E-state index is 0.0739. The molecule has 1 saturated heterocycles. The van der Waals surface area contributed by atoms with Gasteiger partial charge >= 0.3 is 0 Å². The Morgan fingerprint density at radius 3 is 2.81 bits per heavy atom. The van der Waals surface area contributed by atoms with E-state index in [1.54, 1.807) is 7.11 Å². The maximum atomic E-state index is 12.0. The van der Waals surface area contributed by atoms with E-state index in [4.69, 9.17) is 10.5 Å². The Morgan fingerprint density at radius 1 is 1.56 bits per heavy atom. The van der Waals surface area contributed by atoms with Crippen LogP contribution in [0.15, 0.2) is 0 Å². The maximum absolute atomic E-state index is 12.0. The van der Waals surface area contributed by atoms with Crippen LogP contribution < -0.4 is 5.73 Å². The summed E-state index contributed by atoms with van der Waals surface area (Å²) in [5.74, 6) is 0.0739. The first-order chi connectivity index (χ1) is 7.46. The number of piperidine rings is 1. The summed E-state index contributed by atoms with van der Waals surface area (Å²) >= 11 is 0. The number of nitrogens with zero attached hydrogens (tertiary/aromatic N) is 1. The summed E-state index contributed by atoms with van der Waals surface area (Å²) in [6.45, 7) is 6.62. The summed E-state index contributed by atoms with van der Waals surface area (Å²) in [7, 11) is 1.63. The number of carbonyl (C=O) groups excluding carboxylic acids is 1. The van der Waals surface area contributed by atoms with E-state index in [1.165, 1.54) is 6.42 Å². The lowest BCUT2D eigenvalue weighted by Gasteiger charge is -2.39. The molecule has 0 aromatic carbocycles. The molecule has 1 atom stereocenters. The number of ether oxygens (including phenoxy) is 1. The van der Waals surface area contributed by atoms with E-state index in [-0.39, 0.29) is 11.3 Å². The van der Waals surface area contributed by atoms with Gasteiger partial charge in [0.2, 0.25) is 5.91 Å².